The van der Waals surface area contributed by atoms with Crippen molar-refractivity contribution >= 4 is 23.4 Å². The van der Waals surface area contributed by atoms with Crippen LogP contribution in [-0.4, -0.2) is 33.2 Å². The first-order valence-electron chi connectivity index (χ1n) is 6.67. The first kappa shape index (κ1) is 14.2. The van der Waals surface area contributed by atoms with E-state index < -0.39 is 0 Å². The zero-order valence-electron chi connectivity index (χ0n) is 11.8. The molecule has 106 valence electrons. The lowest BCUT2D eigenvalue weighted by Crippen LogP contribution is -2.45. The first-order valence-corrected chi connectivity index (χ1v) is 7.90. The molecule has 1 aliphatic carbocycles. The molecule has 0 saturated heterocycles. The molecule has 0 radical (unpaired) electrons. The lowest BCUT2D eigenvalue weighted by Gasteiger charge is -2.40. The number of aromatic nitrogens is 2. The van der Waals surface area contributed by atoms with E-state index in [9.17, 15) is 4.79 Å². The number of nitrogens with one attached hydrogen (secondary N) is 1. The van der Waals surface area contributed by atoms with E-state index >= 15 is 0 Å². The highest BCUT2D eigenvalue weighted by Crippen LogP contribution is 2.42. The van der Waals surface area contributed by atoms with Crippen LogP contribution in [0.25, 0.3) is 0 Å². The van der Waals surface area contributed by atoms with E-state index in [4.69, 9.17) is 5.73 Å². The molecule has 0 spiro atoms. The van der Waals surface area contributed by atoms with Crippen molar-refractivity contribution in [1.82, 2.24) is 15.1 Å². The number of hydrogen-bond donors (Lipinski definition) is 2. The number of carbonyl (C=O) groups is 1. The van der Waals surface area contributed by atoms with E-state index in [1.54, 1.807) is 11.7 Å². The SMILES string of the molecule is CCc1nn(C)c(C(=O)NCC2(SC)CCC2)c1N. The molecule has 1 amide bonds. The Labute approximate surface area is 118 Å². The van der Waals surface area contributed by atoms with Gasteiger partial charge in [0.2, 0.25) is 0 Å². The number of anilines is 1. The van der Waals surface area contributed by atoms with Crippen LogP contribution >= 0.6 is 11.8 Å². The average Bonchev–Trinajstić information content (AvgIpc) is 2.63. The second kappa shape index (κ2) is 5.45. The Bertz CT molecular complexity index is 474. The van der Waals surface area contributed by atoms with Crippen molar-refractivity contribution in [3.05, 3.63) is 11.4 Å². The van der Waals surface area contributed by atoms with Crippen molar-refractivity contribution < 1.29 is 4.79 Å². The molecule has 1 fully saturated rings. The monoisotopic (exact) mass is 282 g/mol. The molecule has 0 atom stereocenters. The summed E-state index contributed by atoms with van der Waals surface area (Å²) < 4.78 is 1.81. The fourth-order valence-corrected chi connectivity index (χ4v) is 3.39. The average molecular weight is 282 g/mol. The molecule has 0 aromatic carbocycles. The van der Waals surface area contributed by atoms with Gasteiger partial charge in [-0.3, -0.25) is 9.48 Å². The Kier molecular flexibility index (Phi) is 4.08. The molecule has 2 rings (SSSR count). The van der Waals surface area contributed by atoms with Crippen molar-refractivity contribution in [2.45, 2.75) is 37.4 Å². The maximum absolute atomic E-state index is 12.3. The summed E-state index contributed by atoms with van der Waals surface area (Å²) in [6.45, 7) is 2.69. The van der Waals surface area contributed by atoms with Crippen LogP contribution in [0.2, 0.25) is 0 Å². The van der Waals surface area contributed by atoms with Crippen LogP contribution in [0.1, 0.15) is 42.4 Å². The summed E-state index contributed by atoms with van der Waals surface area (Å²) >= 11 is 1.85. The number of carbonyl (C=O) groups excluding carboxylic acids is 1. The summed E-state index contributed by atoms with van der Waals surface area (Å²) in [5.74, 6) is -0.118. The molecule has 1 saturated carbocycles. The van der Waals surface area contributed by atoms with Crippen molar-refractivity contribution in [1.29, 1.82) is 0 Å². The molecule has 3 N–H and O–H groups in total. The van der Waals surface area contributed by atoms with Gasteiger partial charge >= 0.3 is 0 Å². The van der Waals surface area contributed by atoms with Crippen molar-refractivity contribution in [3.8, 4) is 0 Å². The fourth-order valence-electron chi connectivity index (χ4n) is 2.48. The molecule has 5 nitrogen and oxygen atoms in total. The standard InChI is InChI=1S/C13H22N4OS/c1-4-9-10(14)11(17(2)16-9)12(18)15-8-13(19-3)6-5-7-13/h4-8,14H2,1-3H3,(H,15,18). The minimum Gasteiger partial charge on any atom is -0.395 e. The van der Waals surface area contributed by atoms with Gasteiger partial charge in [-0.15, -0.1) is 0 Å². The molecule has 0 bridgehead atoms. The summed E-state index contributed by atoms with van der Waals surface area (Å²) in [6.07, 6.45) is 6.45. The number of aryl methyl sites for hydroxylation is 2. The van der Waals surface area contributed by atoms with E-state index in [-0.39, 0.29) is 10.7 Å². The summed E-state index contributed by atoms with van der Waals surface area (Å²) in [6, 6.07) is 0. The van der Waals surface area contributed by atoms with E-state index in [2.05, 4.69) is 16.7 Å². The van der Waals surface area contributed by atoms with Crippen LogP contribution in [0, 0.1) is 0 Å². The normalized spacial score (nSPS) is 17.0. The Morgan fingerprint density at radius 2 is 2.26 bits per heavy atom. The predicted molar refractivity (Wildman–Crippen MR) is 79.4 cm³/mol. The number of nitrogen functional groups attached to an aromatic ring is 1. The molecule has 1 aliphatic rings. The number of rotatable bonds is 5. The van der Waals surface area contributed by atoms with Gasteiger partial charge in [-0.25, -0.2) is 0 Å². The Morgan fingerprint density at radius 3 is 2.68 bits per heavy atom. The quantitative estimate of drug-likeness (QED) is 0.860. The van der Waals surface area contributed by atoms with Crippen LogP contribution in [0.15, 0.2) is 0 Å². The van der Waals surface area contributed by atoms with E-state index in [0.717, 1.165) is 12.1 Å². The third-order valence-corrected chi connectivity index (χ3v) is 5.40. The third kappa shape index (κ3) is 2.59. The van der Waals surface area contributed by atoms with Gasteiger partial charge in [0.15, 0.2) is 0 Å². The van der Waals surface area contributed by atoms with Gasteiger partial charge < -0.3 is 11.1 Å². The summed E-state index contributed by atoms with van der Waals surface area (Å²) in [5, 5.41) is 7.29. The van der Waals surface area contributed by atoms with Gasteiger partial charge in [0, 0.05) is 18.3 Å². The van der Waals surface area contributed by atoms with Crippen molar-refractivity contribution in [2.75, 3.05) is 18.5 Å². The topological polar surface area (TPSA) is 72.9 Å². The van der Waals surface area contributed by atoms with Gasteiger partial charge in [0.25, 0.3) is 5.91 Å². The molecular weight excluding hydrogens is 260 g/mol. The lowest BCUT2D eigenvalue weighted by molar-refractivity contribution is 0.0935. The molecule has 6 heteroatoms. The number of nitrogens with two attached hydrogens (primary N) is 1. The minimum absolute atomic E-state index is 0.118. The Balaban J connectivity index is 2.06. The maximum atomic E-state index is 12.3. The number of amides is 1. The second-order valence-corrected chi connectivity index (χ2v) is 6.38. The molecule has 1 heterocycles. The summed E-state index contributed by atoms with van der Waals surface area (Å²) in [5.41, 5.74) is 7.76. The van der Waals surface area contributed by atoms with Crippen LogP contribution in [0.3, 0.4) is 0 Å². The first-order chi connectivity index (χ1) is 9.03. The van der Waals surface area contributed by atoms with Crippen LogP contribution in [-0.2, 0) is 13.5 Å². The highest BCUT2D eigenvalue weighted by molar-refractivity contribution is 8.00. The fraction of sp³-hybridized carbons (Fsp3) is 0.692. The number of thioether (sulfide) groups is 1. The molecule has 1 aromatic heterocycles. The van der Waals surface area contributed by atoms with Crippen LogP contribution in [0.5, 0.6) is 0 Å². The number of hydrogen-bond acceptors (Lipinski definition) is 4. The molecule has 19 heavy (non-hydrogen) atoms. The van der Waals surface area contributed by atoms with Gasteiger partial charge in [-0.05, 0) is 25.5 Å². The van der Waals surface area contributed by atoms with Gasteiger partial charge in [0.05, 0.1) is 11.4 Å². The van der Waals surface area contributed by atoms with E-state index in [1.807, 2.05) is 18.7 Å². The van der Waals surface area contributed by atoms with Gasteiger partial charge in [-0.2, -0.15) is 16.9 Å². The minimum atomic E-state index is -0.118. The maximum Gasteiger partial charge on any atom is 0.271 e. The van der Waals surface area contributed by atoms with Crippen LogP contribution in [0.4, 0.5) is 5.69 Å². The largest absolute Gasteiger partial charge is 0.395 e. The van der Waals surface area contributed by atoms with Crippen molar-refractivity contribution in [3.63, 3.8) is 0 Å². The Hall–Kier alpha value is -1.17. The third-order valence-electron chi connectivity index (χ3n) is 3.98. The van der Waals surface area contributed by atoms with E-state index in [1.165, 1.54) is 19.3 Å². The van der Waals surface area contributed by atoms with Crippen molar-refractivity contribution in [2.24, 2.45) is 7.05 Å². The molecule has 0 unspecified atom stereocenters. The van der Waals surface area contributed by atoms with E-state index in [0.29, 0.717) is 17.9 Å². The van der Waals surface area contributed by atoms with Gasteiger partial charge in [0.1, 0.15) is 5.69 Å². The van der Waals surface area contributed by atoms with Crippen LogP contribution < -0.4 is 11.1 Å². The zero-order chi connectivity index (χ0) is 14.0. The Morgan fingerprint density at radius 1 is 1.58 bits per heavy atom. The second-order valence-electron chi connectivity index (χ2n) is 5.11. The summed E-state index contributed by atoms with van der Waals surface area (Å²) in [7, 11) is 1.76. The predicted octanol–water partition coefficient (Wildman–Crippen LogP) is 1.58. The highest BCUT2D eigenvalue weighted by Gasteiger charge is 2.36. The molecule has 0 aliphatic heterocycles. The van der Waals surface area contributed by atoms with Gasteiger partial charge in [-0.1, -0.05) is 13.3 Å². The molecular formula is C13H22N4OS. The lowest BCUT2D eigenvalue weighted by atomic mass is 9.84. The summed E-state index contributed by atoms with van der Waals surface area (Å²) in [4.78, 5) is 12.3. The smallest absolute Gasteiger partial charge is 0.271 e. The zero-order valence-corrected chi connectivity index (χ0v) is 12.6. The molecule has 1 aromatic rings. The highest BCUT2D eigenvalue weighted by atomic mass is 32.2. The number of nitrogens with zero attached hydrogens (tertiary/aromatic N) is 2.